The lowest BCUT2D eigenvalue weighted by Crippen LogP contribution is -2.18. The van der Waals surface area contributed by atoms with Crippen molar-refractivity contribution in [3.63, 3.8) is 0 Å². The molecule has 0 saturated heterocycles. The zero-order valence-electron chi connectivity index (χ0n) is 11.4. The first-order valence-electron chi connectivity index (χ1n) is 7.13. The Hall–Kier alpha value is -1.36. The van der Waals surface area contributed by atoms with Crippen molar-refractivity contribution in [2.75, 3.05) is 7.11 Å². The van der Waals surface area contributed by atoms with Crippen molar-refractivity contribution in [3.8, 4) is 5.88 Å². The molecule has 106 valence electrons. The van der Waals surface area contributed by atoms with Gasteiger partial charge in [-0.05, 0) is 31.1 Å². The topological polar surface area (TPSA) is 52.8 Å². The Balaban J connectivity index is 1.89. The maximum absolute atomic E-state index is 6.11. The second-order valence-electron chi connectivity index (χ2n) is 5.83. The third kappa shape index (κ3) is 1.65. The first kappa shape index (κ1) is 12.4. The molecule has 2 aromatic heterocycles. The smallest absolute Gasteiger partial charge is 0.245 e. The highest BCUT2D eigenvalue weighted by Crippen LogP contribution is 2.51. The summed E-state index contributed by atoms with van der Waals surface area (Å²) < 4.78 is 7.54. The lowest BCUT2D eigenvalue weighted by atomic mass is 9.95. The van der Waals surface area contributed by atoms with E-state index in [1.165, 1.54) is 25.7 Å². The number of alkyl halides is 1. The first-order chi connectivity index (χ1) is 9.81. The molecule has 2 aliphatic rings. The van der Waals surface area contributed by atoms with Crippen LogP contribution in [0, 0.1) is 11.8 Å². The van der Waals surface area contributed by atoms with E-state index >= 15 is 0 Å². The summed E-state index contributed by atoms with van der Waals surface area (Å²) in [6, 6.07) is 0.493. The average Bonchev–Trinajstić information content (AvgIpc) is 3.18. The van der Waals surface area contributed by atoms with Gasteiger partial charge in [-0.2, -0.15) is 4.98 Å². The number of hydrogen-bond acceptors (Lipinski definition) is 4. The van der Waals surface area contributed by atoms with Crippen molar-refractivity contribution in [1.82, 2.24) is 19.5 Å². The van der Waals surface area contributed by atoms with Crippen LogP contribution in [0.2, 0.25) is 0 Å². The van der Waals surface area contributed by atoms with Crippen LogP contribution in [0.3, 0.4) is 0 Å². The summed E-state index contributed by atoms with van der Waals surface area (Å²) in [6.07, 6.45) is 6.81. The molecule has 0 radical (unpaired) electrons. The molecule has 0 spiro atoms. The number of ether oxygens (including phenoxy) is 1. The molecule has 0 amide bonds. The molecule has 3 atom stereocenters. The lowest BCUT2D eigenvalue weighted by Gasteiger charge is -2.24. The maximum Gasteiger partial charge on any atom is 0.245 e. The summed E-state index contributed by atoms with van der Waals surface area (Å²) in [4.78, 5) is 13.2. The molecular formula is C14H17ClN4O. The fourth-order valence-corrected chi connectivity index (χ4v) is 4.24. The molecule has 2 aromatic rings. The van der Waals surface area contributed by atoms with E-state index in [1.807, 2.05) is 0 Å². The van der Waals surface area contributed by atoms with E-state index in [0.29, 0.717) is 17.8 Å². The number of nitrogens with zero attached hydrogens (tertiary/aromatic N) is 4. The largest absolute Gasteiger partial charge is 0.479 e. The van der Waals surface area contributed by atoms with E-state index < -0.39 is 0 Å². The molecule has 3 unspecified atom stereocenters. The molecule has 0 aromatic carbocycles. The van der Waals surface area contributed by atoms with Crippen LogP contribution in [-0.2, 0) is 5.88 Å². The third-order valence-electron chi connectivity index (χ3n) is 4.86. The number of hydrogen-bond donors (Lipinski definition) is 0. The van der Waals surface area contributed by atoms with E-state index in [1.54, 1.807) is 13.4 Å². The molecule has 5 nitrogen and oxygen atoms in total. The Labute approximate surface area is 122 Å². The van der Waals surface area contributed by atoms with Crippen LogP contribution in [0.4, 0.5) is 0 Å². The van der Waals surface area contributed by atoms with Gasteiger partial charge in [0, 0.05) is 6.04 Å². The van der Waals surface area contributed by atoms with Crippen LogP contribution in [0.1, 0.15) is 37.5 Å². The average molecular weight is 293 g/mol. The van der Waals surface area contributed by atoms with E-state index in [9.17, 15) is 0 Å². The second kappa shape index (κ2) is 4.58. The summed E-state index contributed by atoms with van der Waals surface area (Å²) in [5.41, 5.74) is 1.60. The van der Waals surface area contributed by atoms with Gasteiger partial charge in [-0.3, -0.25) is 0 Å². The Bertz CT molecular complexity index is 656. The Kier molecular flexibility index (Phi) is 2.84. The molecule has 4 rings (SSSR count). The van der Waals surface area contributed by atoms with E-state index in [-0.39, 0.29) is 0 Å². The molecule has 2 fully saturated rings. The second-order valence-corrected chi connectivity index (χ2v) is 6.10. The predicted octanol–water partition coefficient (Wildman–Crippen LogP) is 2.93. The summed E-state index contributed by atoms with van der Waals surface area (Å²) in [5, 5.41) is 0. The lowest BCUT2D eigenvalue weighted by molar-refractivity contribution is 0.330. The highest BCUT2D eigenvalue weighted by atomic mass is 35.5. The van der Waals surface area contributed by atoms with Gasteiger partial charge in [-0.1, -0.05) is 6.42 Å². The third-order valence-corrected chi connectivity index (χ3v) is 5.10. The van der Waals surface area contributed by atoms with E-state index in [2.05, 4.69) is 19.5 Å². The Morgan fingerprint density at radius 1 is 1.35 bits per heavy atom. The van der Waals surface area contributed by atoms with Crippen molar-refractivity contribution >= 4 is 22.8 Å². The number of methoxy groups -OCH3 is 1. The number of halogens is 1. The summed E-state index contributed by atoms with van der Waals surface area (Å²) >= 11 is 6.11. The molecule has 2 saturated carbocycles. The molecule has 0 N–H and O–H groups in total. The number of imidazole rings is 1. The first-order valence-corrected chi connectivity index (χ1v) is 7.67. The van der Waals surface area contributed by atoms with Crippen molar-refractivity contribution in [2.24, 2.45) is 11.8 Å². The number of fused-ring (bicyclic) bond motifs is 3. The summed E-state index contributed by atoms with van der Waals surface area (Å²) in [5.74, 6) is 3.43. The standard InChI is InChI=1S/C14H17ClN4O/c1-20-14-12-13(16-7-17-14)19(11(6-15)18-12)10-5-8-2-3-9(10)4-8/h7-10H,2-6H2,1H3. The van der Waals surface area contributed by atoms with Crippen molar-refractivity contribution in [1.29, 1.82) is 0 Å². The highest BCUT2D eigenvalue weighted by Gasteiger charge is 2.42. The Morgan fingerprint density at radius 3 is 2.90 bits per heavy atom. The van der Waals surface area contributed by atoms with Crippen LogP contribution in [0.15, 0.2) is 6.33 Å². The molecule has 2 heterocycles. The monoisotopic (exact) mass is 292 g/mol. The van der Waals surface area contributed by atoms with Crippen LogP contribution in [0.25, 0.3) is 11.2 Å². The minimum atomic E-state index is 0.396. The molecule has 0 aliphatic heterocycles. The molecular weight excluding hydrogens is 276 g/mol. The summed E-state index contributed by atoms with van der Waals surface area (Å²) in [6.45, 7) is 0. The van der Waals surface area contributed by atoms with Gasteiger partial charge in [0.05, 0.1) is 13.0 Å². The minimum absolute atomic E-state index is 0.396. The fourth-order valence-electron chi connectivity index (χ4n) is 4.05. The number of rotatable bonds is 3. The van der Waals surface area contributed by atoms with Gasteiger partial charge >= 0.3 is 0 Å². The van der Waals surface area contributed by atoms with Crippen LogP contribution in [-0.4, -0.2) is 26.6 Å². The van der Waals surface area contributed by atoms with Crippen molar-refractivity contribution in [2.45, 2.75) is 37.6 Å². The summed E-state index contributed by atoms with van der Waals surface area (Å²) in [7, 11) is 1.61. The normalized spacial score (nSPS) is 28.4. The van der Waals surface area contributed by atoms with Gasteiger partial charge in [0.25, 0.3) is 0 Å². The Morgan fingerprint density at radius 2 is 2.25 bits per heavy atom. The molecule has 2 bridgehead atoms. The predicted molar refractivity (Wildman–Crippen MR) is 75.9 cm³/mol. The van der Waals surface area contributed by atoms with Gasteiger partial charge in [0.2, 0.25) is 5.88 Å². The van der Waals surface area contributed by atoms with Gasteiger partial charge in [0.1, 0.15) is 12.2 Å². The number of aromatic nitrogens is 4. The zero-order chi connectivity index (χ0) is 13.7. The fraction of sp³-hybridized carbons (Fsp3) is 0.643. The van der Waals surface area contributed by atoms with Crippen molar-refractivity contribution in [3.05, 3.63) is 12.2 Å². The van der Waals surface area contributed by atoms with E-state index in [4.69, 9.17) is 16.3 Å². The molecule has 20 heavy (non-hydrogen) atoms. The van der Waals surface area contributed by atoms with Crippen LogP contribution in [0.5, 0.6) is 5.88 Å². The van der Waals surface area contributed by atoms with Crippen LogP contribution < -0.4 is 4.74 Å². The van der Waals surface area contributed by atoms with Gasteiger partial charge < -0.3 is 9.30 Å². The van der Waals surface area contributed by atoms with Gasteiger partial charge in [0.15, 0.2) is 11.2 Å². The molecule has 2 aliphatic carbocycles. The quantitative estimate of drug-likeness (QED) is 0.816. The maximum atomic E-state index is 6.11. The van der Waals surface area contributed by atoms with Gasteiger partial charge in [-0.15, -0.1) is 11.6 Å². The van der Waals surface area contributed by atoms with E-state index in [0.717, 1.165) is 28.8 Å². The highest BCUT2D eigenvalue weighted by molar-refractivity contribution is 6.16. The van der Waals surface area contributed by atoms with Gasteiger partial charge in [-0.25, -0.2) is 9.97 Å². The minimum Gasteiger partial charge on any atom is -0.479 e. The zero-order valence-corrected chi connectivity index (χ0v) is 12.2. The van der Waals surface area contributed by atoms with Crippen LogP contribution >= 0.6 is 11.6 Å². The SMILES string of the molecule is COc1ncnc2c1nc(CCl)n2C1CC2CCC1C2. The van der Waals surface area contributed by atoms with Crippen molar-refractivity contribution < 1.29 is 4.74 Å². The molecule has 6 heteroatoms.